The van der Waals surface area contributed by atoms with Crippen LogP contribution in [0.5, 0.6) is 0 Å². The normalized spacial score (nSPS) is 29.0. The molecule has 2 aliphatic rings. The first-order valence-corrected chi connectivity index (χ1v) is 9.92. The van der Waals surface area contributed by atoms with Crippen LogP contribution in [0, 0.1) is 5.41 Å². The van der Waals surface area contributed by atoms with Crippen LogP contribution in [-0.2, 0) is 11.3 Å². The summed E-state index contributed by atoms with van der Waals surface area (Å²) in [4.78, 5) is 2.30. The number of H-pyrrole nitrogens is 1. The highest BCUT2D eigenvalue weighted by atomic mass is 35.5. The summed E-state index contributed by atoms with van der Waals surface area (Å²) in [5.41, 5.74) is 2.86. The summed E-state index contributed by atoms with van der Waals surface area (Å²) in [7, 11) is 4.11. The van der Waals surface area contributed by atoms with Crippen LogP contribution in [0.4, 0.5) is 0 Å². The Labute approximate surface area is 156 Å². The minimum absolute atomic E-state index is 0.119. The van der Waals surface area contributed by atoms with Crippen LogP contribution in [0.25, 0.3) is 0 Å². The summed E-state index contributed by atoms with van der Waals surface area (Å²) in [6, 6.07) is 0. The Morgan fingerprint density at radius 2 is 2.08 bits per heavy atom. The van der Waals surface area contributed by atoms with Gasteiger partial charge in [-0.2, -0.15) is 5.10 Å². The van der Waals surface area contributed by atoms with E-state index in [1.165, 1.54) is 17.7 Å². The van der Waals surface area contributed by atoms with Crippen LogP contribution in [-0.4, -0.2) is 54.5 Å². The molecule has 1 spiro atoms. The molecule has 0 unspecified atom stereocenters. The molecular formula is C19H33ClN4O. The van der Waals surface area contributed by atoms with E-state index in [4.69, 9.17) is 16.3 Å². The number of halogens is 1. The zero-order valence-corrected chi connectivity index (χ0v) is 16.9. The maximum absolute atomic E-state index is 6.39. The molecule has 3 rings (SSSR count). The van der Waals surface area contributed by atoms with E-state index < -0.39 is 0 Å². The number of hydrogen-bond donors (Lipinski definition) is 2. The zero-order chi connectivity index (χ0) is 18.1. The Morgan fingerprint density at radius 1 is 1.36 bits per heavy atom. The second-order valence-corrected chi connectivity index (χ2v) is 9.19. The van der Waals surface area contributed by atoms with Crippen molar-refractivity contribution in [3.05, 3.63) is 16.4 Å². The van der Waals surface area contributed by atoms with Crippen LogP contribution in [0.15, 0.2) is 0 Å². The number of hydrogen-bond acceptors (Lipinski definition) is 4. The molecule has 2 heterocycles. The van der Waals surface area contributed by atoms with Crippen molar-refractivity contribution in [3.8, 4) is 0 Å². The molecule has 25 heavy (non-hydrogen) atoms. The molecule has 1 saturated heterocycles. The van der Waals surface area contributed by atoms with Crippen molar-refractivity contribution in [1.82, 2.24) is 20.4 Å². The minimum atomic E-state index is 0.119. The first-order valence-electron chi connectivity index (χ1n) is 9.54. The average molecular weight is 369 g/mol. The quantitative estimate of drug-likeness (QED) is 0.806. The minimum Gasteiger partial charge on any atom is -0.374 e. The van der Waals surface area contributed by atoms with Gasteiger partial charge in [0, 0.05) is 36.8 Å². The third-order valence-corrected chi connectivity index (χ3v) is 6.21. The first kappa shape index (κ1) is 19.2. The van der Waals surface area contributed by atoms with Gasteiger partial charge >= 0.3 is 0 Å². The highest BCUT2D eigenvalue weighted by molar-refractivity contribution is 6.30. The first-order chi connectivity index (χ1) is 11.8. The average Bonchev–Trinajstić information content (AvgIpc) is 3.07. The monoisotopic (exact) mass is 368 g/mol. The van der Waals surface area contributed by atoms with Crippen LogP contribution < -0.4 is 5.32 Å². The number of ether oxygens (including phenoxy) is 1. The molecule has 6 heteroatoms. The van der Waals surface area contributed by atoms with Gasteiger partial charge in [0.2, 0.25) is 0 Å². The van der Waals surface area contributed by atoms with Crippen molar-refractivity contribution in [2.75, 3.05) is 33.8 Å². The lowest BCUT2D eigenvalue weighted by molar-refractivity contribution is -0.0296. The largest absolute Gasteiger partial charge is 0.374 e. The number of nitrogens with one attached hydrogen (secondary N) is 2. The van der Waals surface area contributed by atoms with Crippen LogP contribution in [0.2, 0.25) is 5.15 Å². The highest BCUT2D eigenvalue weighted by Crippen LogP contribution is 2.50. The topological polar surface area (TPSA) is 53.2 Å². The molecule has 0 amide bonds. The molecule has 2 fully saturated rings. The summed E-state index contributed by atoms with van der Waals surface area (Å²) in [6.45, 7) is 8.35. The molecule has 1 aliphatic carbocycles. The number of aromatic amines is 1. The molecule has 0 atom stereocenters. The van der Waals surface area contributed by atoms with E-state index in [9.17, 15) is 0 Å². The van der Waals surface area contributed by atoms with E-state index in [-0.39, 0.29) is 5.60 Å². The van der Waals surface area contributed by atoms with Crippen molar-refractivity contribution in [2.24, 2.45) is 5.41 Å². The molecule has 0 aromatic carbocycles. The van der Waals surface area contributed by atoms with Gasteiger partial charge in [-0.1, -0.05) is 25.4 Å². The molecule has 1 saturated carbocycles. The number of nitrogens with zero attached hydrogens (tertiary/aromatic N) is 2. The Morgan fingerprint density at radius 3 is 2.68 bits per heavy atom. The van der Waals surface area contributed by atoms with Gasteiger partial charge in [0.05, 0.1) is 12.2 Å². The molecule has 0 radical (unpaired) electrons. The molecule has 5 nitrogen and oxygen atoms in total. The van der Waals surface area contributed by atoms with Crippen LogP contribution in [0.1, 0.15) is 63.1 Å². The molecular weight excluding hydrogens is 336 g/mol. The highest BCUT2D eigenvalue weighted by Gasteiger charge is 2.46. The lowest BCUT2D eigenvalue weighted by atomic mass is 9.72. The Kier molecular flexibility index (Phi) is 5.78. The Balaban J connectivity index is 1.64. The van der Waals surface area contributed by atoms with Gasteiger partial charge in [0.25, 0.3) is 0 Å². The Bertz CT molecular complexity index is 578. The SMILES string of the molecule is CNCCN(C)Cc1c(Cl)n[nH]c1C1CCC2(CC1)CC(C)(C)CO2. The number of likely N-dealkylation sites (N-methyl/N-ethyl adjacent to an activating group) is 2. The third-order valence-electron chi connectivity index (χ3n) is 5.90. The second kappa shape index (κ2) is 7.55. The van der Waals surface area contributed by atoms with E-state index in [0.29, 0.717) is 16.5 Å². The number of rotatable bonds is 6. The standard InChI is InChI=1S/C19H33ClN4O/c1-18(2)12-19(25-13-18)7-5-14(6-8-19)16-15(17(20)23-22-16)11-24(4)10-9-21-3/h14,21H,5-13H2,1-4H3,(H,22,23). The van der Waals surface area contributed by atoms with Gasteiger partial charge in [-0.15, -0.1) is 0 Å². The molecule has 1 aliphatic heterocycles. The fraction of sp³-hybridized carbons (Fsp3) is 0.842. The Hall–Kier alpha value is -0.620. The summed E-state index contributed by atoms with van der Waals surface area (Å²) in [5, 5.41) is 11.4. The predicted molar refractivity (Wildman–Crippen MR) is 102 cm³/mol. The van der Waals surface area contributed by atoms with Gasteiger partial charge in [0.15, 0.2) is 5.15 Å². The van der Waals surface area contributed by atoms with Gasteiger partial charge in [0.1, 0.15) is 0 Å². The maximum Gasteiger partial charge on any atom is 0.155 e. The van der Waals surface area contributed by atoms with E-state index in [1.54, 1.807) is 0 Å². The number of aromatic nitrogens is 2. The van der Waals surface area contributed by atoms with Crippen molar-refractivity contribution in [3.63, 3.8) is 0 Å². The smallest absolute Gasteiger partial charge is 0.155 e. The summed E-state index contributed by atoms with van der Waals surface area (Å²) in [6.07, 6.45) is 5.79. The summed E-state index contributed by atoms with van der Waals surface area (Å²) in [5.74, 6) is 0.519. The van der Waals surface area contributed by atoms with E-state index in [0.717, 1.165) is 51.9 Å². The van der Waals surface area contributed by atoms with Crippen LogP contribution in [0.3, 0.4) is 0 Å². The predicted octanol–water partition coefficient (Wildman–Crippen LogP) is 3.56. The third kappa shape index (κ3) is 4.38. The zero-order valence-electron chi connectivity index (χ0n) is 16.1. The van der Waals surface area contributed by atoms with Crippen molar-refractivity contribution < 1.29 is 4.74 Å². The van der Waals surface area contributed by atoms with Gasteiger partial charge in [-0.3, -0.25) is 5.10 Å². The second-order valence-electron chi connectivity index (χ2n) is 8.83. The molecule has 1 aromatic heterocycles. The molecule has 0 bridgehead atoms. The summed E-state index contributed by atoms with van der Waals surface area (Å²) >= 11 is 6.39. The van der Waals surface area contributed by atoms with E-state index in [2.05, 4.69) is 41.3 Å². The molecule has 142 valence electrons. The fourth-order valence-corrected chi connectivity index (χ4v) is 4.78. The van der Waals surface area contributed by atoms with Crippen molar-refractivity contribution >= 4 is 11.6 Å². The maximum atomic E-state index is 6.39. The van der Waals surface area contributed by atoms with Gasteiger partial charge in [-0.25, -0.2) is 0 Å². The van der Waals surface area contributed by atoms with Gasteiger partial charge < -0.3 is 15.0 Å². The van der Waals surface area contributed by atoms with E-state index in [1.807, 2.05) is 7.05 Å². The van der Waals surface area contributed by atoms with Crippen LogP contribution >= 0.6 is 11.6 Å². The molecule has 2 N–H and O–H groups in total. The van der Waals surface area contributed by atoms with Gasteiger partial charge in [-0.05, 0) is 51.6 Å². The lowest BCUT2D eigenvalue weighted by Crippen LogP contribution is -2.34. The summed E-state index contributed by atoms with van der Waals surface area (Å²) < 4.78 is 6.26. The molecule has 1 aromatic rings. The lowest BCUT2D eigenvalue weighted by Gasteiger charge is -2.37. The van der Waals surface area contributed by atoms with Crippen molar-refractivity contribution in [1.29, 1.82) is 0 Å². The van der Waals surface area contributed by atoms with E-state index >= 15 is 0 Å². The fourth-order valence-electron chi connectivity index (χ4n) is 4.57. The van der Waals surface area contributed by atoms with Crippen molar-refractivity contribution in [2.45, 2.75) is 64.0 Å².